The molecule has 1 aromatic carbocycles. The van der Waals surface area contributed by atoms with Crippen molar-refractivity contribution in [1.29, 1.82) is 0 Å². The minimum atomic E-state index is -0.703. The van der Waals surface area contributed by atoms with Crippen LogP contribution in [0.5, 0.6) is 5.75 Å². The second-order valence-corrected chi connectivity index (χ2v) is 6.30. The van der Waals surface area contributed by atoms with Gasteiger partial charge in [-0.1, -0.05) is 25.4 Å². The second kappa shape index (κ2) is 6.22. The molecule has 1 N–H and O–H groups in total. The summed E-state index contributed by atoms with van der Waals surface area (Å²) in [5.41, 5.74) is 1.34. The zero-order chi connectivity index (χ0) is 14.9. The Hall–Kier alpha value is -0.950. The highest BCUT2D eigenvalue weighted by Crippen LogP contribution is 2.27. The number of hydrogen-bond donors (Lipinski definition) is 1. The largest absolute Gasteiger partial charge is 0.505 e. The molecule has 0 atom stereocenters. The maximum absolute atomic E-state index is 13.4. The lowest BCUT2D eigenvalue weighted by Crippen LogP contribution is -2.04. The first-order valence-electron chi connectivity index (χ1n) is 6.09. The summed E-state index contributed by atoms with van der Waals surface area (Å²) < 4.78 is 14.2. The summed E-state index contributed by atoms with van der Waals surface area (Å²) in [7, 11) is 0. The van der Waals surface area contributed by atoms with Crippen molar-refractivity contribution in [1.82, 2.24) is 9.97 Å². The third kappa shape index (κ3) is 3.38. The van der Waals surface area contributed by atoms with Crippen molar-refractivity contribution in [2.45, 2.75) is 20.3 Å². The molecule has 0 saturated carbocycles. The van der Waals surface area contributed by atoms with Crippen LogP contribution in [0.3, 0.4) is 0 Å². The number of halogens is 3. The van der Waals surface area contributed by atoms with Crippen LogP contribution in [0.1, 0.15) is 19.5 Å². The molecule has 106 valence electrons. The van der Waals surface area contributed by atoms with Crippen LogP contribution in [-0.4, -0.2) is 15.1 Å². The van der Waals surface area contributed by atoms with E-state index in [2.05, 4.69) is 46.4 Å². The van der Waals surface area contributed by atoms with E-state index in [0.717, 1.165) is 15.7 Å². The average Bonchev–Trinajstić information content (AvgIpc) is 2.37. The number of hydrogen-bond acceptors (Lipinski definition) is 3. The summed E-state index contributed by atoms with van der Waals surface area (Å²) in [5, 5.41) is 9.58. The molecule has 20 heavy (non-hydrogen) atoms. The Kier molecular flexibility index (Phi) is 4.80. The van der Waals surface area contributed by atoms with E-state index >= 15 is 0 Å². The fourth-order valence-corrected chi connectivity index (χ4v) is 2.41. The first-order chi connectivity index (χ1) is 9.38. The van der Waals surface area contributed by atoms with Crippen molar-refractivity contribution in [3.8, 4) is 17.1 Å². The van der Waals surface area contributed by atoms with Gasteiger partial charge in [0.15, 0.2) is 17.4 Å². The Bertz CT molecular complexity index is 649. The second-order valence-electron chi connectivity index (χ2n) is 4.86. The van der Waals surface area contributed by atoms with Crippen LogP contribution >= 0.6 is 34.2 Å². The Morgan fingerprint density at radius 2 is 2.05 bits per heavy atom. The number of aromatic nitrogens is 2. The Morgan fingerprint density at radius 3 is 2.65 bits per heavy atom. The molecule has 0 fully saturated rings. The normalized spacial score (nSPS) is 11.1. The molecule has 6 heteroatoms. The number of benzene rings is 1. The van der Waals surface area contributed by atoms with Crippen LogP contribution in [0.25, 0.3) is 11.4 Å². The topological polar surface area (TPSA) is 46.0 Å². The number of phenols is 1. The molecule has 0 unspecified atom stereocenters. The van der Waals surface area contributed by atoms with Gasteiger partial charge in [0.25, 0.3) is 0 Å². The van der Waals surface area contributed by atoms with Crippen LogP contribution in [-0.2, 0) is 6.42 Å². The van der Waals surface area contributed by atoms with Crippen molar-refractivity contribution in [3.05, 3.63) is 38.4 Å². The number of rotatable bonds is 3. The molecule has 0 aliphatic carbocycles. The van der Waals surface area contributed by atoms with E-state index in [9.17, 15) is 9.50 Å². The zero-order valence-corrected chi connectivity index (χ0v) is 13.9. The summed E-state index contributed by atoms with van der Waals surface area (Å²) in [4.78, 5) is 8.64. The van der Waals surface area contributed by atoms with Gasteiger partial charge in [-0.3, -0.25) is 0 Å². The van der Waals surface area contributed by atoms with Gasteiger partial charge in [-0.25, -0.2) is 14.4 Å². The lowest BCUT2D eigenvalue weighted by Gasteiger charge is -2.10. The molecule has 1 heterocycles. The molecular weight excluding hydrogens is 394 g/mol. The van der Waals surface area contributed by atoms with Gasteiger partial charge in [0.1, 0.15) is 5.15 Å². The molecule has 2 aromatic rings. The predicted molar refractivity (Wildman–Crippen MR) is 85.4 cm³/mol. The first-order valence-corrected chi connectivity index (χ1v) is 7.55. The lowest BCUT2D eigenvalue weighted by atomic mass is 10.1. The molecule has 0 saturated heterocycles. The summed E-state index contributed by atoms with van der Waals surface area (Å²) in [6, 6.07) is 4.05. The highest BCUT2D eigenvalue weighted by atomic mass is 127. The summed E-state index contributed by atoms with van der Waals surface area (Å²) in [6.07, 6.45) is 0.772. The Balaban J connectivity index is 2.51. The van der Waals surface area contributed by atoms with E-state index in [-0.39, 0.29) is 0 Å². The third-order valence-corrected chi connectivity index (χ3v) is 4.41. The van der Waals surface area contributed by atoms with Gasteiger partial charge in [-0.2, -0.15) is 0 Å². The summed E-state index contributed by atoms with van der Waals surface area (Å²) in [6.45, 7) is 4.18. The number of phenolic OH excluding ortho intramolecular Hbond substituents is 1. The van der Waals surface area contributed by atoms with Crippen LogP contribution in [0.2, 0.25) is 5.15 Å². The molecular formula is C14H13ClFIN2O. The highest BCUT2D eigenvalue weighted by molar-refractivity contribution is 14.1. The van der Waals surface area contributed by atoms with E-state index in [1.807, 2.05) is 0 Å². The molecule has 0 aliphatic heterocycles. The van der Waals surface area contributed by atoms with E-state index in [4.69, 9.17) is 11.6 Å². The Morgan fingerprint density at radius 1 is 1.35 bits per heavy atom. The molecule has 0 bridgehead atoms. The van der Waals surface area contributed by atoms with Gasteiger partial charge in [0.2, 0.25) is 0 Å². The van der Waals surface area contributed by atoms with Crippen molar-refractivity contribution < 1.29 is 9.50 Å². The van der Waals surface area contributed by atoms with Gasteiger partial charge in [-0.15, -0.1) is 0 Å². The van der Waals surface area contributed by atoms with E-state index in [1.165, 1.54) is 12.1 Å². The predicted octanol–water partition coefficient (Wildman–Crippen LogP) is 4.44. The van der Waals surface area contributed by atoms with Crippen molar-refractivity contribution in [2.24, 2.45) is 5.92 Å². The monoisotopic (exact) mass is 406 g/mol. The third-order valence-electron chi connectivity index (χ3n) is 2.69. The molecule has 2 rings (SSSR count). The van der Waals surface area contributed by atoms with Crippen LogP contribution in [0.15, 0.2) is 18.2 Å². The molecule has 1 aromatic heterocycles. The maximum Gasteiger partial charge on any atom is 0.165 e. The zero-order valence-electron chi connectivity index (χ0n) is 11.0. The van der Waals surface area contributed by atoms with Crippen LogP contribution in [0, 0.1) is 15.3 Å². The smallest absolute Gasteiger partial charge is 0.165 e. The molecule has 0 spiro atoms. The maximum atomic E-state index is 13.4. The fraction of sp³-hybridized carbons (Fsp3) is 0.286. The van der Waals surface area contributed by atoms with Crippen molar-refractivity contribution >= 4 is 34.2 Å². The number of aromatic hydroxyl groups is 1. The standard InChI is InChI=1S/C14H13ClFIN2O/c1-7(2)5-10-12(17)13(15)19-14(18-10)8-3-4-11(20)9(16)6-8/h3-4,6-7,20H,5H2,1-2H3. The van der Waals surface area contributed by atoms with Gasteiger partial charge in [0, 0.05) is 5.56 Å². The summed E-state index contributed by atoms with van der Waals surface area (Å²) >= 11 is 8.24. The highest BCUT2D eigenvalue weighted by Gasteiger charge is 2.14. The van der Waals surface area contributed by atoms with E-state index < -0.39 is 11.6 Å². The van der Waals surface area contributed by atoms with Gasteiger partial charge < -0.3 is 5.11 Å². The minimum Gasteiger partial charge on any atom is -0.505 e. The molecule has 0 radical (unpaired) electrons. The number of nitrogens with zero attached hydrogens (tertiary/aromatic N) is 2. The lowest BCUT2D eigenvalue weighted by molar-refractivity contribution is 0.432. The average molecular weight is 407 g/mol. The van der Waals surface area contributed by atoms with E-state index in [0.29, 0.717) is 22.5 Å². The van der Waals surface area contributed by atoms with E-state index in [1.54, 1.807) is 6.07 Å². The van der Waals surface area contributed by atoms with Crippen LogP contribution in [0.4, 0.5) is 4.39 Å². The summed E-state index contributed by atoms with van der Waals surface area (Å²) in [5.74, 6) is -0.303. The Labute approximate surface area is 135 Å². The minimum absolute atomic E-state index is 0.361. The van der Waals surface area contributed by atoms with Crippen molar-refractivity contribution in [3.63, 3.8) is 0 Å². The molecule has 3 nitrogen and oxygen atoms in total. The molecule has 0 aliphatic rings. The quantitative estimate of drug-likeness (QED) is 0.605. The van der Waals surface area contributed by atoms with Gasteiger partial charge in [0.05, 0.1) is 9.26 Å². The van der Waals surface area contributed by atoms with Crippen molar-refractivity contribution in [2.75, 3.05) is 0 Å². The fourth-order valence-electron chi connectivity index (χ4n) is 1.76. The SMILES string of the molecule is CC(C)Cc1nc(-c2ccc(O)c(F)c2)nc(Cl)c1I. The van der Waals surface area contributed by atoms with Gasteiger partial charge in [-0.05, 0) is 53.1 Å². The van der Waals surface area contributed by atoms with Crippen LogP contribution < -0.4 is 0 Å². The first kappa shape index (κ1) is 15.4. The molecule has 0 amide bonds. The van der Waals surface area contributed by atoms with Gasteiger partial charge >= 0.3 is 0 Å².